The van der Waals surface area contributed by atoms with Gasteiger partial charge in [-0.3, -0.25) is 4.79 Å². The van der Waals surface area contributed by atoms with Crippen LogP contribution in [0.5, 0.6) is 0 Å². The number of nitrogens with one attached hydrogen (secondary N) is 1. The van der Waals surface area contributed by atoms with Gasteiger partial charge >= 0.3 is 11.9 Å². The summed E-state index contributed by atoms with van der Waals surface area (Å²) in [4.78, 5) is 32.3. The second-order valence-electron chi connectivity index (χ2n) is 5.41. The van der Waals surface area contributed by atoms with E-state index >= 15 is 0 Å². The zero-order valence-electron chi connectivity index (χ0n) is 12.2. The number of fused-ring (bicyclic) bond motifs is 1. The molecule has 1 atom stereocenters. The smallest absolute Gasteiger partial charge is 0.335 e. The summed E-state index contributed by atoms with van der Waals surface area (Å²) in [6, 6.07) is 4.78. The Labute approximate surface area is 126 Å². The van der Waals surface area contributed by atoms with Gasteiger partial charge in [-0.15, -0.1) is 0 Å². The van der Waals surface area contributed by atoms with Gasteiger partial charge in [0.15, 0.2) is 0 Å². The molecule has 2 aromatic rings. The summed E-state index contributed by atoms with van der Waals surface area (Å²) in [6.45, 7) is 1.36. The lowest BCUT2D eigenvalue weighted by Crippen LogP contribution is -2.39. The molecule has 1 aliphatic rings. The van der Waals surface area contributed by atoms with Crippen LogP contribution in [0.15, 0.2) is 18.2 Å². The van der Waals surface area contributed by atoms with Crippen LogP contribution in [0, 0.1) is 5.92 Å². The van der Waals surface area contributed by atoms with Crippen LogP contribution in [0.4, 0.5) is 5.95 Å². The van der Waals surface area contributed by atoms with E-state index in [0.717, 1.165) is 19.4 Å². The molecule has 2 heterocycles. The number of carbonyl (C=O) groups is 2. The van der Waals surface area contributed by atoms with Crippen LogP contribution < -0.4 is 4.90 Å². The fraction of sp³-hybridized carbons (Fsp3) is 0.400. The molecule has 1 aromatic carbocycles. The van der Waals surface area contributed by atoms with E-state index in [1.165, 1.54) is 13.2 Å². The number of rotatable bonds is 3. The lowest BCUT2D eigenvalue weighted by Gasteiger charge is -2.30. The van der Waals surface area contributed by atoms with Crippen LogP contribution in [0.3, 0.4) is 0 Å². The van der Waals surface area contributed by atoms with Gasteiger partial charge < -0.3 is 19.7 Å². The highest BCUT2D eigenvalue weighted by Crippen LogP contribution is 2.24. The summed E-state index contributed by atoms with van der Waals surface area (Å²) in [5.74, 6) is -0.663. The lowest BCUT2D eigenvalue weighted by atomic mass is 9.98. The Bertz CT molecular complexity index is 725. The van der Waals surface area contributed by atoms with Gasteiger partial charge in [-0.25, -0.2) is 9.78 Å². The molecule has 1 aliphatic heterocycles. The van der Waals surface area contributed by atoms with Gasteiger partial charge in [-0.2, -0.15) is 0 Å². The van der Waals surface area contributed by atoms with E-state index in [9.17, 15) is 9.59 Å². The molecule has 0 amide bonds. The van der Waals surface area contributed by atoms with E-state index in [4.69, 9.17) is 9.84 Å². The first-order valence-corrected chi connectivity index (χ1v) is 7.14. The molecular weight excluding hydrogens is 286 g/mol. The van der Waals surface area contributed by atoms with Crippen LogP contribution in [0.1, 0.15) is 23.2 Å². The maximum Gasteiger partial charge on any atom is 0.335 e. The predicted molar refractivity (Wildman–Crippen MR) is 80.0 cm³/mol. The fourth-order valence-electron chi connectivity index (χ4n) is 2.81. The number of hydrogen-bond donors (Lipinski definition) is 2. The van der Waals surface area contributed by atoms with E-state index in [1.54, 1.807) is 12.1 Å². The summed E-state index contributed by atoms with van der Waals surface area (Å²) >= 11 is 0. The van der Waals surface area contributed by atoms with Crippen molar-refractivity contribution in [1.29, 1.82) is 0 Å². The molecule has 1 fully saturated rings. The molecule has 0 radical (unpaired) electrons. The molecule has 1 unspecified atom stereocenters. The molecule has 0 saturated carbocycles. The summed E-state index contributed by atoms with van der Waals surface area (Å²) in [5.41, 5.74) is 1.60. The van der Waals surface area contributed by atoms with Crippen molar-refractivity contribution < 1.29 is 19.4 Å². The maximum atomic E-state index is 11.7. The fourth-order valence-corrected chi connectivity index (χ4v) is 2.81. The number of carbonyl (C=O) groups excluding carboxylic acids is 1. The Hall–Kier alpha value is -2.57. The molecule has 116 valence electrons. The largest absolute Gasteiger partial charge is 0.478 e. The quantitative estimate of drug-likeness (QED) is 0.837. The first-order chi connectivity index (χ1) is 10.6. The number of aromatic nitrogens is 2. The second-order valence-corrected chi connectivity index (χ2v) is 5.41. The normalized spacial score (nSPS) is 18.4. The van der Waals surface area contributed by atoms with E-state index < -0.39 is 5.97 Å². The molecule has 2 N–H and O–H groups in total. The van der Waals surface area contributed by atoms with Crippen molar-refractivity contribution in [3.05, 3.63) is 23.8 Å². The third-order valence-electron chi connectivity index (χ3n) is 3.97. The molecule has 1 aromatic heterocycles. The van der Waals surface area contributed by atoms with Crippen LogP contribution in [-0.2, 0) is 9.53 Å². The standard InChI is InChI=1S/C15H17N3O4/c1-22-14(21)10-3-2-6-18(8-10)15-16-11-5-4-9(13(19)20)7-12(11)17-15/h4-5,7,10H,2-3,6,8H2,1H3,(H,16,17)(H,19,20). The van der Waals surface area contributed by atoms with Gasteiger partial charge in [0.1, 0.15) is 0 Å². The number of nitrogens with zero attached hydrogens (tertiary/aromatic N) is 2. The minimum atomic E-state index is -0.971. The number of methoxy groups -OCH3 is 1. The number of imidazole rings is 1. The van der Waals surface area contributed by atoms with Crippen molar-refractivity contribution in [3.8, 4) is 0 Å². The van der Waals surface area contributed by atoms with Crippen LogP contribution in [0.2, 0.25) is 0 Å². The van der Waals surface area contributed by atoms with Crippen LogP contribution in [0.25, 0.3) is 11.0 Å². The van der Waals surface area contributed by atoms with E-state index in [2.05, 4.69) is 9.97 Å². The Morgan fingerprint density at radius 3 is 3.00 bits per heavy atom. The van der Waals surface area contributed by atoms with Crippen molar-refractivity contribution in [2.45, 2.75) is 12.8 Å². The average Bonchev–Trinajstić information content (AvgIpc) is 2.97. The van der Waals surface area contributed by atoms with Crippen LogP contribution in [-0.4, -0.2) is 47.2 Å². The van der Waals surface area contributed by atoms with Crippen molar-refractivity contribution in [3.63, 3.8) is 0 Å². The monoisotopic (exact) mass is 303 g/mol. The minimum Gasteiger partial charge on any atom is -0.478 e. The van der Waals surface area contributed by atoms with Gasteiger partial charge in [0, 0.05) is 13.1 Å². The number of benzene rings is 1. The summed E-state index contributed by atoms with van der Waals surface area (Å²) in [7, 11) is 1.40. The highest BCUT2D eigenvalue weighted by Gasteiger charge is 2.27. The third-order valence-corrected chi connectivity index (χ3v) is 3.97. The average molecular weight is 303 g/mol. The predicted octanol–water partition coefficient (Wildman–Crippen LogP) is 1.65. The Morgan fingerprint density at radius 1 is 1.45 bits per heavy atom. The van der Waals surface area contributed by atoms with E-state index in [0.29, 0.717) is 23.5 Å². The molecule has 1 saturated heterocycles. The Kier molecular flexibility index (Phi) is 3.70. The molecule has 0 aliphatic carbocycles. The number of carboxylic acids is 1. The van der Waals surface area contributed by atoms with Gasteiger partial charge in [-0.05, 0) is 31.0 Å². The lowest BCUT2D eigenvalue weighted by molar-refractivity contribution is -0.145. The number of hydrogen-bond acceptors (Lipinski definition) is 5. The van der Waals surface area contributed by atoms with Gasteiger partial charge in [-0.1, -0.05) is 0 Å². The van der Waals surface area contributed by atoms with Gasteiger partial charge in [0.25, 0.3) is 0 Å². The topological polar surface area (TPSA) is 95.5 Å². The van der Waals surface area contributed by atoms with Crippen molar-refractivity contribution >= 4 is 28.9 Å². The van der Waals surface area contributed by atoms with Gasteiger partial charge in [0.2, 0.25) is 5.95 Å². The number of anilines is 1. The Balaban J connectivity index is 1.86. The van der Waals surface area contributed by atoms with Crippen molar-refractivity contribution in [2.75, 3.05) is 25.1 Å². The number of carboxylic acid groups (broad SMARTS) is 1. The molecule has 22 heavy (non-hydrogen) atoms. The highest BCUT2D eigenvalue weighted by atomic mass is 16.5. The number of H-pyrrole nitrogens is 1. The van der Waals surface area contributed by atoms with Crippen molar-refractivity contribution in [1.82, 2.24) is 9.97 Å². The highest BCUT2D eigenvalue weighted by molar-refractivity contribution is 5.92. The number of aromatic carboxylic acids is 1. The molecule has 7 nitrogen and oxygen atoms in total. The molecule has 7 heteroatoms. The van der Waals surface area contributed by atoms with Crippen molar-refractivity contribution in [2.24, 2.45) is 5.92 Å². The molecule has 0 bridgehead atoms. The zero-order valence-corrected chi connectivity index (χ0v) is 12.2. The first-order valence-electron chi connectivity index (χ1n) is 7.14. The third kappa shape index (κ3) is 2.61. The van der Waals surface area contributed by atoms with Crippen LogP contribution >= 0.6 is 0 Å². The summed E-state index contributed by atoms with van der Waals surface area (Å²) < 4.78 is 4.81. The molecule has 0 spiro atoms. The minimum absolute atomic E-state index is 0.151. The maximum absolute atomic E-state index is 11.7. The first kappa shape index (κ1) is 14.4. The molecule has 3 rings (SSSR count). The molecular formula is C15H17N3O4. The summed E-state index contributed by atoms with van der Waals surface area (Å²) in [5, 5.41) is 9.03. The number of piperidine rings is 1. The SMILES string of the molecule is COC(=O)C1CCCN(c2nc3ccc(C(=O)O)cc3[nH]2)C1. The van der Waals surface area contributed by atoms with E-state index in [-0.39, 0.29) is 17.5 Å². The number of aromatic amines is 1. The number of esters is 1. The Morgan fingerprint density at radius 2 is 2.27 bits per heavy atom. The summed E-state index contributed by atoms with van der Waals surface area (Å²) in [6.07, 6.45) is 1.70. The van der Waals surface area contributed by atoms with E-state index in [1.807, 2.05) is 4.90 Å². The number of ether oxygens (including phenoxy) is 1. The van der Waals surface area contributed by atoms with Gasteiger partial charge in [0.05, 0.1) is 29.6 Å². The zero-order chi connectivity index (χ0) is 15.7. The second kappa shape index (κ2) is 5.67.